The number of pyridine rings is 1. The average Bonchev–Trinajstić information content (AvgIpc) is 3.43. The van der Waals surface area contributed by atoms with Crippen LogP contribution in [-0.4, -0.2) is 33.9 Å². The number of aromatic nitrogens is 3. The Morgan fingerprint density at radius 3 is 2.94 bits per heavy atom. The van der Waals surface area contributed by atoms with Crippen molar-refractivity contribution in [3.8, 4) is 11.1 Å². The van der Waals surface area contributed by atoms with Crippen molar-refractivity contribution in [2.24, 2.45) is 0 Å². The number of carbonyl (C=O) groups excluding carboxylic acids is 1. The van der Waals surface area contributed by atoms with E-state index in [1.807, 2.05) is 18.5 Å². The van der Waals surface area contributed by atoms with E-state index in [1.54, 1.807) is 6.20 Å². The van der Waals surface area contributed by atoms with Crippen molar-refractivity contribution < 1.29 is 4.79 Å². The highest BCUT2D eigenvalue weighted by Crippen LogP contribution is 2.35. The van der Waals surface area contributed by atoms with Crippen molar-refractivity contribution in [3.63, 3.8) is 0 Å². The average molecular weight is 438 g/mol. The summed E-state index contributed by atoms with van der Waals surface area (Å²) in [5.41, 5.74) is 7.64. The van der Waals surface area contributed by atoms with Gasteiger partial charge in [0.2, 0.25) is 0 Å². The van der Waals surface area contributed by atoms with Crippen molar-refractivity contribution in [3.05, 3.63) is 78.5 Å². The second-order valence-corrected chi connectivity index (χ2v) is 9.08. The third-order valence-corrected chi connectivity index (χ3v) is 7.13. The predicted molar refractivity (Wildman–Crippen MR) is 132 cm³/mol. The van der Waals surface area contributed by atoms with Gasteiger partial charge >= 0.3 is 0 Å². The van der Waals surface area contributed by atoms with Gasteiger partial charge < -0.3 is 24.6 Å². The van der Waals surface area contributed by atoms with Gasteiger partial charge in [0.15, 0.2) is 0 Å². The van der Waals surface area contributed by atoms with Gasteiger partial charge in [-0.05, 0) is 55.2 Å². The Morgan fingerprint density at radius 2 is 2.12 bits per heavy atom. The van der Waals surface area contributed by atoms with Crippen LogP contribution >= 0.6 is 0 Å². The molecule has 1 aliphatic carbocycles. The molecule has 2 N–H and O–H groups in total. The molecule has 1 atom stereocenters. The summed E-state index contributed by atoms with van der Waals surface area (Å²) in [6.45, 7) is 0. The second-order valence-electron chi connectivity index (χ2n) is 9.08. The summed E-state index contributed by atoms with van der Waals surface area (Å²) in [5, 5.41) is 4.36. The predicted octanol–water partition coefficient (Wildman–Crippen LogP) is 4.90. The number of nitrogens with one attached hydrogen (secondary N) is 2. The minimum Gasteiger partial charge on any atom is -0.375 e. The fourth-order valence-corrected chi connectivity index (χ4v) is 4.98. The highest BCUT2D eigenvalue weighted by molar-refractivity contribution is 5.94. The molecule has 1 fully saturated rings. The number of nitrogens with zero attached hydrogens (tertiary/aromatic N) is 3. The zero-order valence-electron chi connectivity index (χ0n) is 18.7. The van der Waals surface area contributed by atoms with Gasteiger partial charge in [-0.25, -0.2) is 4.98 Å². The van der Waals surface area contributed by atoms with E-state index in [4.69, 9.17) is 0 Å². The Balaban J connectivity index is 1.34. The number of allylic oxidation sites excluding steroid dienone is 1. The van der Waals surface area contributed by atoms with E-state index >= 15 is 0 Å². The van der Waals surface area contributed by atoms with Crippen molar-refractivity contribution in [1.82, 2.24) is 19.9 Å². The quantitative estimate of drug-likeness (QED) is 0.421. The summed E-state index contributed by atoms with van der Waals surface area (Å²) in [6, 6.07) is 15.2. The maximum absolute atomic E-state index is 11.8. The van der Waals surface area contributed by atoms with Crippen molar-refractivity contribution in [2.75, 3.05) is 11.9 Å². The first-order chi connectivity index (χ1) is 16.2. The van der Waals surface area contributed by atoms with Gasteiger partial charge in [0.1, 0.15) is 18.0 Å². The molecule has 4 aromatic rings. The summed E-state index contributed by atoms with van der Waals surface area (Å²) in [6.07, 6.45) is 13.5. The smallest absolute Gasteiger partial charge is 0.148 e. The van der Waals surface area contributed by atoms with Crippen molar-refractivity contribution in [1.29, 1.82) is 0 Å². The minimum atomic E-state index is -0.359. The lowest BCUT2D eigenvalue weighted by Crippen LogP contribution is -2.37. The van der Waals surface area contributed by atoms with E-state index in [0.717, 1.165) is 46.3 Å². The van der Waals surface area contributed by atoms with Crippen LogP contribution in [0.5, 0.6) is 0 Å². The molecule has 2 aliphatic rings. The number of carbonyl (C=O) groups is 1. The minimum absolute atomic E-state index is 0.359. The molecule has 6 heteroatoms. The van der Waals surface area contributed by atoms with Gasteiger partial charge in [-0.1, -0.05) is 12.1 Å². The van der Waals surface area contributed by atoms with Crippen LogP contribution in [-0.2, 0) is 11.2 Å². The molecule has 4 heterocycles. The fourth-order valence-electron chi connectivity index (χ4n) is 4.98. The van der Waals surface area contributed by atoms with Crippen LogP contribution < -0.4 is 10.2 Å². The highest BCUT2D eigenvalue weighted by atomic mass is 16.1. The number of fused-ring (bicyclic) bond motifs is 2. The lowest BCUT2D eigenvalue weighted by molar-refractivity contribution is -0.109. The molecule has 1 unspecified atom stereocenters. The van der Waals surface area contributed by atoms with Crippen molar-refractivity contribution in [2.45, 2.75) is 37.8 Å². The fraction of sp³-hybridized carbons (Fsp3) is 0.259. The normalized spacial score (nSPS) is 17.7. The Kier molecular flexibility index (Phi) is 4.79. The topological polar surface area (TPSA) is 66.0 Å². The van der Waals surface area contributed by atoms with E-state index in [9.17, 15) is 4.79 Å². The first-order valence-electron chi connectivity index (χ1n) is 11.6. The summed E-state index contributed by atoms with van der Waals surface area (Å²) >= 11 is 0. The van der Waals surface area contributed by atoms with Gasteiger partial charge in [-0.3, -0.25) is 0 Å². The van der Waals surface area contributed by atoms with E-state index in [-0.39, 0.29) is 6.04 Å². The van der Waals surface area contributed by atoms with Gasteiger partial charge in [0.25, 0.3) is 0 Å². The molecule has 6 nitrogen and oxygen atoms in total. The summed E-state index contributed by atoms with van der Waals surface area (Å²) < 4.78 is 2.17. The molecule has 0 amide bonds. The van der Waals surface area contributed by atoms with Crippen LogP contribution in [0.1, 0.15) is 36.6 Å². The first kappa shape index (κ1) is 19.9. The number of anilines is 1. The number of hydrogen-bond donors (Lipinski definition) is 2. The lowest BCUT2D eigenvalue weighted by atomic mass is 9.91. The number of rotatable bonds is 6. The van der Waals surface area contributed by atoms with Crippen LogP contribution in [0, 0.1) is 0 Å². The van der Waals surface area contributed by atoms with E-state index in [2.05, 4.69) is 74.4 Å². The highest BCUT2D eigenvalue weighted by Gasteiger charge is 2.24. The number of aldehydes is 1. The van der Waals surface area contributed by atoms with Crippen LogP contribution in [0.3, 0.4) is 0 Å². The van der Waals surface area contributed by atoms with Crippen LogP contribution in [0.2, 0.25) is 0 Å². The Morgan fingerprint density at radius 1 is 1.21 bits per heavy atom. The number of benzene rings is 1. The summed E-state index contributed by atoms with van der Waals surface area (Å²) in [7, 11) is 2.20. The Hall–Kier alpha value is -3.80. The largest absolute Gasteiger partial charge is 0.375 e. The molecular formula is C27H27N5O. The lowest BCUT2D eigenvalue weighted by Gasteiger charge is -2.36. The molecule has 6 rings (SSSR count). The van der Waals surface area contributed by atoms with E-state index in [1.165, 1.54) is 30.5 Å². The van der Waals surface area contributed by atoms with Crippen molar-refractivity contribution >= 4 is 28.7 Å². The molecule has 0 radical (unpaired) electrons. The zero-order chi connectivity index (χ0) is 22.4. The summed E-state index contributed by atoms with van der Waals surface area (Å²) in [4.78, 5) is 21.9. The third kappa shape index (κ3) is 3.42. The maximum Gasteiger partial charge on any atom is 0.148 e. The zero-order valence-corrected chi connectivity index (χ0v) is 18.7. The molecule has 0 saturated heterocycles. The molecule has 0 spiro atoms. The van der Waals surface area contributed by atoms with Crippen LogP contribution in [0.15, 0.2) is 67.3 Å². The van der Waals surface area contributed by atoms with Crippen LogP contribution in [0.25, 0.3) is 27.9 Å². The Labute approximate surface area is 192 Å². The van der Waals surface area contributed by atoms with Gasteiger partial charge in [0, 0.05) is 72.2 Å². The molecule has 1 aromatic carbocycles. The van der Waals surface area contributed by atoms with Crippen LogP contribution in [0.4, 0.5) is 5.69 Å². The first-order valence-corrected chi connectivity index (χ1v) is 11.6. The molecule has 1 aliphatic heterocycles. The maximum atomic E-state index is 11.8. The number of aromatic amines is 1. The molecule has 166 valence electrons. The standard InChI is InChI=1S/C27H27N5O/c1-31(20-6-3-7-20)21-8-2-5-18(11-21)12-22-14-29-25(17-33)26-13-19(16-32(22)26)24-15-30-27-23(24)9-4-10-28-27/h2,4-5,8-11,13-17,20,25,29H,3,6-7,12H2,1H3,(H,28,30). The van der Waals surface area contributed by atoms with Gasteiger partial charge in [0.05, 0.1) is 5.69 Å². The second kappa shape index (κ2) is 7.96. The SMILES string of the molecule is CN(c1cccc(CC2=CNC(C=O)c3cc(-c4c[nH]c5ncccc45)cn32)c1)C1CCC1. The molecule has 3 aromatic heterocycles. The van der Waals surface area contributed by atoms with Gasteiger partial charge in [-0.2, -0.15) is 0 Å². The number of hydrogen-bond acceptors (Lipinski definition) is 4. The third-order valence-electron chi connectivity index (χ3n) is 7.13. The number of H-pyrrole nitrogens is 1. The summed E-state index contributed by atoms with van der Waals surface area (Å²) in [5.74, 6) is 0. The molecular weight excluding hydrogens is 410 g/mol. The molecule has 33 heavy (non-hydrogen) atoms. The molecule has 0 bridgehead atoms. The molecule has 1 saturated carbocycles. The van der Waals surface area contributed by atoms with Gasteiger partial charge in [-0.15, -0.1) is 0 Å². The Bertz CT molecular complexity index is 1360. The van der Waals surface area contributed by atoms with E-state index < -0.39 is 0 Å². The monoisotopic (exact) mass is 437 g/mol. The van der Waals surface area contributed by atoms with E-state index in [0.29, 0.717) is 6.04 Å².